The second-order valence-electron chi connectivity index (χ2n) is 6.80. The molecule has 2 aromatic rings. The van der Waals surface area contributed by atoms with Crippen LogP contribution in [-0.2, 0) is 4.79 Å². The minimum Gasteiger partial charge on any atom is -0.497 e. The van der Waals surface area contributed by atoms with Gasteiger partial charge in [-0.2, -0.15) is 0 Å². The standard InChI is InChI=1S/C21H26N2O4/c1-26-17-9-5-6-15(14-17)18-10-11-19(27-18)21(25)22-13-12-20(24)23-16-7-3-2-4-8-16/h5-6,9-11,14,16H,2-4,7-8,12-13H2,1H3,(H,22,25)(H,23,24). The van der Waals surface area contributed by atoms with Crippen LogP contribution in [0.3, 0.4) is 0 Å². The Kier molecular flexibility index (Phi) is 6.52. The number of carbonyl (C=O) groups is 2. The summed E-state index contributed by atoms with van der Waals surface area (Å²) in [7, 11) is 1.60. The van der Waals surface area contributed by atoms with Crippen molar-refractivity contribution in [2.24, 2.45) is 0 Å². The van der Waals surface area contributed by atoms with Gasteiger partial charge in [-0.3, -0.25) is 9.59 Å². The molecule has 3 rings (SSSR count). The van der Waals surface area contributed by atoms with Gasteiger partial charge in [0.25, 0.3) is 5.91 Å². The lowest BCUT2D eigenvalue weighted by Gasteiger charge is -2.22. The van der Waals surface area contributed by atoms with Gasteiger partial charge in [0.05, 0.1) is 7.11 Å². The highest BCUT2D eigenvalue weighted by Crippen LogP contribution is 2.25. The maximum absolute atomic E-state index is 12.2. The molecule has 0 spiro atoms. The summed E-state index contributed by atoms with van der Waals surface area (Å²) in [5, 5.41) is 5.78. The summed E-state index contributed by atoms with van der Waals surface area (Å²) in [6, 6.07) is 11.1. The van der Waals surface area contributed by atoms with Crippen LogP contribution in [-0.4, -0.2) is 31.5 Å². The van der Waals surface area contributed by atoms with E-state index in [-0.39, 0.29) is 36.6 Å². The van der Waals surface area contributed by atoms with Crippen LogP contribution < -0.4 is 15.4 Å². The first-order chi connectivity index (χ1) is 13.2. The molecular formula is C21H26N2O4. The summed E-state index contributed by atoms with van der Waals surface area (Å²) in [6.07, 6.45) is 5.98. The van der Waals surface area contributed by atoms with Crippen molar-refractivity contribution in [3.63, 3.8) is 0 Å². The zero-order valence-corrected chi connectivity index (χ0v) is 15.6. The zero-order chi connectivity index (χ0) is 19.1. The highest BCUT2D eigenvalue weighted by molar-refractivity contribution is 5.92. The zero-order valence-electron chi connectivity index (χ0n) is 15.6. The normalized spacial score (nSPS) is 14.6. The molecule has 0 unspecified atom stereocenters. The number of carbonyl (C=O) groups excluding carboxylic acids is 2. The molecule has 0 bridgehead atoms. The van der Waals surface area contributed by atoms with E-state index in [0.29, 0.717) is 5.76 Å². The third-order valence-electron chi connectivity index (χ3n) is 4.79. The van der Waals surface area contributed by atoms with Crippen molar-refractivity contribution in [3.05, 3.63) is 42.2 Å². The molecule has 1 fully saturated rings. The van der Waals surface area contributed by atoms with E-state index in [1.807, 2.05) is 24.3 Å². The van der Waals surface area contributed by atoms with Gasteiger partial charge in [-0.1, -0.05) is 31.4 Å². The third-order valence-corrected chi connectivity index (χ3v) is 4.79. The van der Waals surface area contributed by atoms with E-state index in [1.54, 1.807) is 19.2 Å². The topological polar surface area (TPSA) is 80.6 Å². The highest BCUT2D eigenvalue weighted by atomic mass is 16.5. The van der Waals surface area contributed by atoms with Crippen LogP contribution >= 0.6 is 0 Å². The van der Waals surface area contributed by atoms with Gasteiger partial charge in [-0.25, -0.2) is 0 Å². The molecule has 6 heteroatoms. The van der Waals surface area contributed by atoms with Crippen LogP contribution in [0.15, 0.2) is 40.8 Å². The van der Waals surface area contributed by atoms with Crippen molar-refractivity contribution < 1.29 is 18.7 Å². The van der Waals surface area contributed by atoms with Crippen molar-refractivity contribution in [1.29, 1.82) is 0 Å². The molecule has 2 amide bonds. The third kappa shape index (κ3) is 5.36. The summed E-state index contributed by atoms with van der Waals surface area (Å²) >= 11 is 0. The lowest BCUT2D eigenvalue weighted by Crippen LogP contribution is -2.38. The Morgan fingerprint density at radius 2 is 1.96 bits per heavy atom. The fourth-order valence-corrected chi connectivity index (χ4v) is 3.31. The van der Waals surface area contributed by atoms with Gasteiger partial charge in [0.2, 0.25) is 5.91 Å². The number of hydrogen-bond donors (Lipinski definition) is 2. The number of rotatable bonds is 7. The highest BCUT2D eigenvalue weighted by Gasteiger charge is 2.16. The predicted molar refractivity (Wildman–Crippen MR) is 103 cm³/mol. The van der Waals surface area contributed by atoms with Crippen molar-refractivity contribution >= 4 is 11.8 Å². The molecule has 0 saturated heterocycles. The lowest BCUT2D eigenvalue weighted by molar-refractivity contribution is -0.121. The average molecular weight is 370 g/mol. The smallest absolute Gasteiger partial charge is 0.287 e. The summed E-state index contributed by atoms with van der Waals surface area (Å²) in [5.74, 6) is 1.20. The second-order valence-corrected chi connectivity index (χ2v) is 6.80. The second kappa shape index (κ2) is 9.26. The molecule has 1 aromatic carbocycles. The fraction of sp³-hybridized carbons (Fsp3) is 0.429. The van der Waals surface area contributed by atoms with Gasteiger partial charge in [0.1, 0.15) is 11.5 Å². The van der Waals surface area contributed by atoms with E-state index in [1.165, 1.54) is 19.3 Å². The molecule has 1 aromatic heterocycles. The van der Waals surface area contributed by atoms with E-state index in [0.717, 1.165) is 24.2 Å². The first kappa shape index (κ1) is 19.0. The molecule has 1 aliphatic carbocycles. The first-order valence-corrected chi connectivity index (χ1v) is 9.47. The molecule has 1 aliphatic rings. The van der Waals surface area contributed by atoms with Gasteiger partial charge in [-0.05, 0) is 37.1 Å². The molecule has 144 valence electrons. The van der Waals surface area contributed by atoms with Crippen molar-refractivity contribution in [2.75, 3.05) is 13.7 Å². The number of methoxy groups -OCH3 is 1. The molecule has 27 heavy (non-hydrogen) atoms. The van der Waals surface area contributed by atoms with Crippen LogP contribution in [0, 0.1) is 0 Å². The predicted octanol–water partition coefficient (Wildman–Crippen LogP) is 3.52. The molecular weight excluding hydrogens is 344 g/mol. The van der Waals surface area contributed by atoms with Crippen LogP contribution in [0.1, 0.15) is 49.1 Å². The van der Waals surface area contributed by atoms with E-state index in [9.17, 15) is 9.59 Å². The van der Waals surface area contributed by atoms with Crippen LogP contribution in [0.4, 0.5) is 0 Å². The SMILES string of the molecule is COc1cccc(-c2ccc(C(=O)NCCC(=O)NC3CCCCC3)o2)c1. The maximum Gasteiger partial charge on any atom is 0.287 e. The molecule has 2 N–H and O–H groups in total. The fourth-order valence-electron chi connectivity index (χ4n) is 3.31. The Morgan fingerprint density at radius 1 is 1.15 bits per heavy atom. The Morgan fingerprint density at radius 3 is 2.74 bits per heavy atom. The summed E-state index contributed by atoms with van der Waals surface area (Å²) < 4.78 is 10.8. The van der Waals surface area contributed by atoms with Crippen molar-refractivity contribution in [1.82, 2.24) is 10.6 Å². The van der Waals surface area contributed by atoms with Crippen LogP contribution in [0.2, 0.25) is 0 Å². The van der Waals surface area contributed by atoms with Gasteiger partial charge >= 0.3 is 0 Å². The number of hydrogen-bond acceptors (Lipinski definition) is 4. The largest absolute Gasteiger partial charge is 0.497 e. The van der Waals surface area contributed by atoms with Crippen LogP contribution in [0.5, 0.6) is 5.75 Å². The van der Waals surface area contributed by atoms with Gasteiger partial charge < -0.3 is 19.8 Å². The number of benzene rings is 1. The van der Waals surface area contributed by atoms with Crippen LogP contribution in [0.25, 0.3) is 11.3 Å². The van der Waals surface area contributed by atoms with Gasteiger partial charge in [0.15, 0.2) is 5.76 Å². The molecule has 0 radical (unpaired) electrons. The molecule has 0 atom stereocenters. The molecule has 6 nitrogen and oxygen atoms in total. The summed E-state index contributed by atoms with van der Waals surface area (Å²) in [5.41, 5.74) is 0.834. The summed E-state index contributed by atoms with van der Waals surface area (Å²) in [6.45, 7) is 0.284. The van der Waals surface area contributed by atoms with E-state index < -0.39 is 0 Å². The Balaban J connectivity index is 1.47. The Labute approximate surface area is 159 Å². The number of nitrogens with one attached hydrogen (secondary N) is 2. The first-order valence-electron chi connectivity index (χ1n) is 9.47. The lowest BCUT2D eigenvalue weighted by atomic mass is 9.95. The Hall–Kier alpha value is -2.76. The van der Waals surface area contributed by atoms with Gasteiger partial charge in [0, 0.05) is 24.6 Å². The maximum atomic E-state index is 12.2. The van der Waals surface area contributed by atoms with Crippen molar-refractivity contribution in [3.8, 4) is 17.1 Å². The van der Waals surface area contributed by atoms with Gasteiger partial charge in [-0.15, -0.1) is 0 Å². The molecule has 1 saturated carbocycles. The number of amides is 2. The Bertz CT molecular complexity index is 778. The number of ether oxygens (including phenoxy) is 1. The van der Waals surface area contributed by atoms with E-state index in [4.69, 9.17) is 9.15 Å². The monoisotopic (exact) mass is 370 g/mol. The average Bonchev–Trinajstić information content (AvgIpc) is 3.19. The minimum absolute atomic E-state index is 0.0151. The van der Waals surface area contributed by atoms with E-state index in [2.05, 4.69) is 10.6 Å². The van der Waals surface area contributed by atoms with Crippen molar-refractivity contribution in [2.45, 2.75) is 44.6 Å². The van der Waals surface area contributed by atoms with E-state index >= 15 is 0 Å². The summed E-state index contributed by atoms with van der Waals surface area (Å²) in [4.78, 5) is 24.2. The quantitative estimate of drug-likeness (QED) is 0.781. The molecule has 0 aliphatic heterocycles. The molecule has 1 heterocycles. The minimum atomic E-state index is -0.324. The number of furan rings is 1.